The summed E-state index contributed by atoms with van der Waals surface area (Å²) >= 11 is 0. The van der Waals surface area contributed by atoms with E-state index in [2.05, 4.69) is 5.32 Å². The predicted octanol–water partition coefficient (Wildman–Crippen LogP) is 0.249. The molecule has 0 aromatic carbocycles. The molecule has 1 amide bonds. The fourth-order valence-electron chi connectivity index (χ4n) is 1.22. The van der Waals surface area contributed by atoms with Crippen LogP contribution in [0.5, 0.6) is 0 Å². The maximum absolute atomic E-state index is 11.2. The van der Waals surface area contributed by atoms with Gasteiger partial charge >= 0.3 is 0 Å². The zero-order valence-electron chi connectivity index (χ0n) is 9.34. The predicted molar refractivity (Wildman–Crippen MR) is 56.8 cm³/mol. The third-order valence-electron chi connectivity index (χ3n) is 2.89. The minimum atomic E-state index is -0.486. The van der Waals surface area contributed by atoms with Gasteiger partial charge in [-0.25, -0.2) is 0 Å². The van der Waals surface area contributed by atoms with Crippen LogP contribution in [0.1, 0.15) is 33.6 Å². The zero-order chi connectivity index (χ0) is 11.2. The second-order valence-corrected chi connectivity index (χ2v) is 3.87. The molecule has 0 saturated carbocycles. The summed E-state index contributed by atoms with van der Waals surface area (Å²) in [6.07, 6.45) is 1.69. The molecule has 0 saturated heterocycles. The van der Waals surface area contributed by atoms with Crippen LogP contribution in [0.4, 0.5) is 0 Å². The lowest BCUT2D eigenvalue weighted by Gasteiger charge is -2.29. The third kappa shape index (κ3) is 3.64. The van der Waals surface area contributed by atoms with Crippen LogP contribution < -0.4 is 11.1 Å². The normalized spacial score (nSPS) is 13.8. The van der Waals surface area contributed by atoms with Gasteiger partial charge in [0.25, 0.3) is 0 Å². The van der Waals surface area contributed by atoms with Crippen molar-refractivity contribution in [3.63, 3.8) is 0 Å². The highest BCUT2D eigenvalue weighted by atomic mass is 16.3. The summed E-state index contributed by atoms with van der Waals surface area (Å²) in [5.74, 6) is -0.162. The Balaban J connectivity index is 4.12. The zero-order valence-corrected chi connectivity index (χ0v) is 9.34. The van der Waals surface area contributed by atoms with Crippen LogP contribution in [-0.4, -0.2) is 30.2 Å². The van der Waals surface area contributed by atoms with Gasteiger partial charge in [0, 0.05) is 12.0 Å². The second kappa shape index (κ2) is 5.98. The van der Waals surface area contributed by atoms with E-state index < -0.39 is 6.04 Å². The van der Waals surface area contributed by atoms with Crippen molar-refractivity contribution >= 4 is 5.91 Å². The van der Waals surface area contributed by atoms with Crippen molar-refractivity contribution in [3.05, 3.63) is 0 Å². The molecule has 0 spiro atoms. The van der Waals surface area contributed by atoms with Crippen LogP contribution >= 0.6 is 0 Å². The number of amides is 1. The molecule has 4 heteroatoms. The first-order chi connectivity index (χ1) is 6.51. The highest BCUT2D eigenvalue weighted by Gasteiger charge is 2.26. The van der Waals surface area contributed by atoms with Gasteiger partial charge in [-0.15, -0.1) is 0 Å². The maximum Gasteiger partial charge on any atom is 0.236 e. The van der Waals surface area contributed by atoms with Gasteiger partial charge in [0.1, 0.15) is 0 Å². The second-order valence-electron chi connectivity index (χ2n) is 3.87. The van der Waals surface area contributed by atoms with Gasteiger partial charge < -0.3 is 16.2 Å². The van der Waals surface area contributed by atoms with Crippen molar-refractivity contribution in [3.8, 4) is 0 Å². The molecular weight excluding hydrogens is 180 g/mol. The lowest BCUT2D eigenvalue weighted by Crippen LogP contribution is -2.45. The minimum Gasteiger partial charge on any atom is -0.396 e. The highest BCUT2D eigenvalue weighted by Crippen LogP contribution is 2.24. The van der Waals surface area contributed by atoms with E-state index in [-0.39, 0.29) is 17.9 Å². The maximum atomic E-state index is 11.2. The molecule has 1 unspecified atom stereocenters. The van der Waals surface area contributed by atoms with Crippen molar-refractivity contribution in [2.24, 2.45) is 11.1 Å². The molecule has 0 aromatic rings. The Morgan fingerprint density at radius 2 is 2.00 bits per heavy atom. The quantitative estimate of drug-likeness (QED) is 0.578. The van der Waals surface area contributed by atoms with Crippen LogP contribution in [0.3, 0.4) is 0 Å². The summed E-state index contributed by atoms with van der Waals surface area (Å²) in [5.41, 5.74) is 5.23. The topological polar surface area (TPSA) is 75.3 Å². The lowest BCUT2D eigenvalue weighted by atomic mass is 9.83. The van der Waals surface area contributed by atoms with Gasteiger partial charge in [-0.3, -0.25) is 4.79 Å². The number of nitrogens with two attached hydrogens (primary N) is 1. The molecule has 1 atom stereocenters. The highest BCUT2D eigenvalue weighted by molar-refractivity contribution is 5.80. The molecule has 0 radical (unpaired) electrons. The fourth-order valence-corrected chi connectivity index (χ4v) is 1.22. The van der Waals surface area contributed by atoms with Gasteiger partial charge in [0.15, 0.2) is 0 Å². The van der Waals surface area contributed by atoms with Crippen LogP contribution in [-0.2, 0) is 4.79 Å². The van der Waals surface area contributed by atoms with Gasteiger partial charge in [-0.1, -0.05) is 13.8 Å². The van der Waals surface area contributed by atoms with E-state index in [9.17, 15) is 9.90 Å². The fraction of sp³-hybridized carbons (Fsp3) is 0.900. The summed E-state index contributed by atoms with van der Waals surface area (Å²) in [6.45, 7) is 6.26. The van der Waals surface area contributed by atoms with Crippen molar-refractivity contribution in [2.45, 2.75) is 39.7 Å². The van der Waals surface area contributed by atoms with Gasteiger partial charge in [-0.2, -0.15) is 0 Å². The number of carbonyl (C=O) groups excluding carboxylic acids is 1. The summed E-state index contributed by atoms with van der Waals surface area (Å²) in [7, 11) is 0. The average Bonchev–Trinajstić information content (AvgIpc) is 2.20. The van der Waals surface area contributed by atoms with Crippen molar-refractivity contribution in [2.75, 3.05) is 13.2 Å². The van der Waals surface area contributed by atoms with Crippen LogP contribution in [0, 0.1) is 5.41 Å². The lowest BCUT2D eigenvalue weighted by molar-refractivity contribution is -0.122. The summed E-state index contributed by atoms with van der Waals surface area (Å²) in [5, 5.41) is 12.0. The molecule has 0 fully saturated rings. The van der Waals surface area contributed by atoms with E-state index in [1.165, 1.54) is 0 Å². The number of rotatable bonds is 6. The molecule has 0 heterocycles. The van der Waals surface area contributed by atoms with E-state index in [4.69, 9.17) is 5.73 Å². The smallest absolute Gasteiger partial charge is 0.236 e. The molecule has 0 aliphatic carbocycles. The largest absolute Gasteiger partial charge is 0.396 e. The van der Waals surface area contributed by atoms with Gasteiger partial charge in [-0.05, 0) is 19.8 Å². The number of aliphatic hydroxyl groups is 1. The number of aliphatic hydroxyl groups excluding tert-OH is 1. The van der Waals surface area contributed by atoms with E-state index in [0.29, 0.717) is 6.54 Å². The monoisotopic (exact) mass is 202 g/mol. The summed E-state index contributed by atoms with van der Waals surface area (Å²) in [6, 6.07) is -0.486. The standard InChI is InChI=1S/C10H22N2O2/c1-4-10(5-2,7-13)6-12-9(14)8(3)11/h8,13H,4-7,11H2,1-3H3,(H,12,14). The summed E-state index contributed by atoms with van der Waals surface area (Å²) in [4.78, 5) is 11.2. The van der Waals surface area contributed by atoms with Crippen molar-refractivity contribution in [1.29, 1.82) is 0 Å². The Morgan fingerprint density at radius 1 is 1.50 bits per heavy atom. The number of hydrogen-bond acceptors (Lipinski definition) is 3. The minimum absolute atomic E-state index is 0.0965. The molecule has 14 heavy (non-hydrogen) atoms. The first kappa shape index (κ1) is 13.4. The number of carbonyl (C=O) groups is 1. The number of hydrogen-bond donors (Lipinski definition) is 3. The molecule has 0 bridgehead atoms. The van der Waals surface area contributed by atoms with Gasteiger partial charge in [0.05, 0.1) is 12.6 Å². The average molecular weight is 202 g/mol. The van der Waals surface area contributed by atoms with Crippen molar-refractivity contribution in [1.82, 2.24) is 5.32 Å². The molecule has 0 aliphatic heterocycles. The first-order valence-electron chi connectivity index (χ1n) is 5.15. The van der Waals surface area contributed by atoms with Crippen LogP contribution in [0.2, 0.25) is 0 Å². The van der Waals surface area contributed by atoms with E-state index in [0.717, 1.165) is 12.8 Å². The van der Waals surface area contributed by atoms with E-state index >= 15 is 0 Å². The molecule has 0 aromatic heterocycles. The number of nitrogens with one attached hydrogen (secondary N) is 1. The molecule has 0 rings (SSSR count). The Kier molecular flexibility index (Phi) is 5.72. The summed E-state index contributed by atoms with van der Waals surface area (Å²) < 4.78 is 0. The van der Waals surface area contributed by atoms with Crippen LogP contribution in [0.15, 0.2) is 0 Å². The van der Waals surface area contributed by atoms with E-state index in [1.807, 2.05) is 13.8 Å². The Morgan fingerprint density at radius 3 is 2.29 bits per heavy atom. The van der Waals surface area contributed by atoms with Crippen molar-refractivity contribution < 1.29 is 9.90 Å². The first-order valence-corrected chi connectivity index (χ1v) is 5.15. The molecular formula is C10H22N2O2. The Labute approximate surface area is 85.9 Å². The Hall–Kier alpha value is -0.610. The van der Waals surface area contributed by atoms with E-state index in [1.54, 1.807) is 6.92 Å². The SMILES string of the molecule is CCC(CC)(CO)CNC(=O)C(C)N. The molecule has 4 nitrogen and oxygen atoms in total. The molecule has 84 valence electrons. The molecule has 4 N–H and O–H groups in total. The molecule has 0 aliphatic rings. The van der Waals surface area contributed by atoms with Crippen LogP contribution in [0.25, 0.3) is 0 Å². The Bertz CT molecular complexity index is 169. The third-order valence-corrected chi connectivity index (χ3v) is 2.89. The van der Waals surface area contributed by atoms with Gasteiger partial charge in [0.2, 0.25) is 5.91 Å².